The van der Waals surface area contributed by atoms with Crippen LogP contribution in [0.2, 0.25) is 0 Å². The molecule has 0 radical (unpaired) electrons. The fourth-order valence-electron chi connectivity index (χ4n) is 1.83. The van der Waals surface area contributed by atoms with E-state index >= 15 is 0 Å². The number of aromatic nitrogens is 1. The van der Waals surface area contributed by atoms with E-state index in [-0.39, 0.29) is 12.0 Å². The molecule has 0 spiro atoms. The predicted octanol–water partition coefficient (Wildman–Crippen LogP) is 1.71. The van der Waals surface area contributed by atoms with Crippen molar-refractivity contribution in [1.82, 2.24) is 10.3 Å². The second-order valence-corrected chi connectivity index (χ2v) is 4.70. The third-order valence-electron chi connectivity index (χ3n) is 2.72. The van der Waals surface area contributed by atoms with Crippen LogP contribution in [-0.4, -0.2) is 36.4 Å². The summed E-state index contributed by atoms with van der Waals surface area (Å²) in [7, 11) is 0. The third kappa shape index (κ3) is 3.20. The molecule has 1 aromatic heterocycles. The monoisotopic (exact) mass is 252 g/mol. The van der Waals surface area contributed by atoms with E-state index in [0.29, 0.717) is 12.1 Å². The van der Waals surface area contributed by atoms with Crippen LogP contribution in [-0.2, 0) is 4.74 Å². The first-order valence-corrected chi connectivity index (χ1v) is 6.92. The van der Waals surface area contributed by atoms with Crippen LogP contribution in [0.1, 0.15) is 23.2 Å². The summed E-state index contributed by atoms with van der Waals surface area (Å²) in [4.78, 5) is 16.1. The van der Waals surface area contributed by atoms with E-state index in [1.165, 1.54) is 11.8 Å². The molecule has 1 atom stereocenters. The molecule has 1 aromatic rings. The highest BCUT2D eigenvalue weighted by Gasteiger charge is 2.17. The molecule has 0 aromatic carbocycles. The van der Waals surface area contributed by atoms with E-state index < -0.39 is 0 Å². The maximum absolute atomic E-state index is 12.0. The fourth-order valence-corrected chi connectivity index (χ4v) is 2.38. The summed E-state index contributed by atoms with van der Waals surface area (Å²) in [6, 6.07) is 3.57. The second kappa shape index (κ2) is 6.02. The van der Waals surface area contributed by atoms with E-state index in [0.717, 1.165) is 24.5 Å². The number of thioether (sulfide) groups is 1. The van der Waals surface area contributed by atoms with Crippen molar-refractivity contribution in [3.63, 3.8) is 0 Å². The molecule has 4 nitrogen and oxygen atoms in total. The normalized spacial score (nSPS) is 19.2. The van der Waals surface area contributed by atoms with Crippen molar-refractivity contribution in [1.29, 1.82) is 0 Å². The van der Waals surface area contributed by atoms with Crippen LogP contribution < -0.4 is 5.32 Å². The summed E-state index contributed by atoms with van der Waals surface area (Å²) in [5.41, 5.74) is 0.637. The molecule has 0 aliphatic carbocycles. The molecule has 92 valence electrons. The Morgan fingerprint density at radius 3 is 3.29 bits per heavy atom. The lowest BCUT2D eigenvalue weighted by Crippen LogP contribution is -2.32. The molecule has 1 saturated heterocycles. The maximum Gasteiger partial charge on any atom is 0.254 e. The highest BCUT2D eigenvalue weighted by atomic mass is 32.2. The van der Waals surface area contributed by atoms with Crippen molar-refractivity contribution in [2.24, 2.45) is 0 Å². The van der Waals surface area contributed by atoms with Crippen molar-refractivity contribution in [2.75, 3.05) is 19.4 Å². The Hall–Kier alpha value is -1.07. The number of hydrogen-bond acceptors (Lipinski definition) is 4. The van der Waals surface area contributed by atoms with Gasteiger partial charge < -0.3 is 10.1 Å². The van der Waals surface area contributed by atoms with Gasteiger partial charge in [0.05, 0.1) is 11.7 Å². The molecule has 1 N–H and O–H groups in total. The van der Waals surface area contributed by atoms with Gasteiger partial charge in [0.2, 0.25) is 0 Å². The number of nitrogens with zero attached hydrogens (tertiary/aromatic N) is 1. The SMILES string of the molecule is CSc1ncccc1C(=O)NC[C@@H]1CCCO1. The van der Waals surface area contributed by atoms with E-state index in [1.54, 1.807) is 18.3 Å². The molecular formula is C12H16N2O2S. The van der Waals surface area contributed by atoms with Crippen LogP contribution in [0.15, 0.2) is 23.4 Å². The van der Waals surface area contributed by atoms with Gasteiger partial charge in [-0.1, -0.05) is 0 Å². The van der Waals surface area contributed by atoms with Gasteiger partial charge in [0.15, 0.2) is 0 Å². The molecule has 17 heavy (non-hydrogen) atoms. The van der Waals surface area contributed by atoms with E-state index in [4.69, 9.17) is 4.74 Å². The van der Waals surface area contributed by atoms with Crippen molar-refractivity contribution in [2.45, 2.75) is 24.0 Å². The van der Waals surface area contributed by atoms with Crippen molar-refractivity contribution in [3.8, 4) is 0 Å². The molecule has 0 bridgehead atoms. The number of hydrogen-bond donors (Lipinski definition) is 1. The first-order valence-electron chi connectivity index (χ1n) is 5.70. The minimum atomic E-state index is -0.0713. The average molecular weight is 252 g/mol. The van der Waals surface area contributed by atoms with Crippen molar-refractivity contribution < 1.29 is 9.53 Å². The van der Waals surface area contributed by atoms with Gasteiger partial charge in [-0.2, -0.15) is 0 Å². The number of nitrogens with one attached hydrogen (secondary N) is 1. The molecule has 0 unspecified atom stereocenters. The average Bonchev–Trinajstić information content (AvgIpc) is 2.89. The summed E-state index contributed by atoms with van der Waals surface area (Å²) in [6.45, 7) is 1.39. The predicted molar refractivity (Wildman–Crippen MR) is 67.3 cm³/mol. The molecule has 5 heteroatoms. The lowest BCUT2D eigenvalue weighted by Gasteiger charge is -2.11. The van der Waals surface area contributed by atoms with Crippen LogP contribution in [0.3, 0.4) is 0 Å². The Morgan fingerprint density at radius 1 is 1.71 bits per heavy atom. The summed E-state index contributed by atoms with van der Waals surface area (Å²) < 4.78 is 5.46. The zero-order valence-corrected chi connectivity index (χ0v) is 10.6. The zero-order chi connectivity index (χ0) is 12.1. The van der Waals surface area contributed by atoms with Crippen LogP contribution in [0.25, 0.3) is 0 Å². The van der Waals surface area contributed by atoms with E-state index in [1.807, 2.05) is 6.26 Å². The molecule has 1 amide bonds. The zero-order valence-electron chi connectivity index (χ0n) is 9.81. The molecule has 1 aliphatic rings. The Labute approximate surface area is 105 Å². The Morgan fingerprint density at radius 2 is 2.59 bits per heavy atom. The topological polar surface area (TPSA) is 51.2 Å². The molecule has 2 rings (SSSR count). The number of amides is 1. The quantitative estimate of drug-likeness (QED) is 0.829. The van der Waals surface area contributed by atoms with Gasteiger partial charge in [0.1, 0.15) is 5.03 Å². The van der Waals surface area contributed by atoms with Gasteiger partial charge in [-0.25, -0.2) is 4.98 Å². The Balaban J connectivity index is 1.94. The molecule has 2 heterocycles. The molecule has 1 aliphatic heterocycles. The Bertz CT molecular complexity index is 392. The summed E-state index contributed by atoms with van der Waals surface area (Å²) in [5.74, 6) is -0.0713. The molecule has 1 fully saturated rings. The van der Waals surface area contributed by atoms with Gasteiger partial charge in [0.25, 0.3) is 5.91 Å². The largest absolute Gasteiger partial charge is 0.376 e. The highest BCUT2D eigenvalue weighted by molar-refractivity contribution is 7.98. The maximum atomic E-state index is 12.0. The smallest absolute Gasteiger partial charge is 0.254 e. The lowest BCUT2D eigenvalue weighted by atomic mass is 10.2. The van der Waals surface area contributed by atoms with Gasteiger partial charge >= 0.3 is 0 Å². The van der Waals surface area contributed by atoms with Crippen LogP contribution in [0.5, 0.6) is 0 Å². The van der Waals surface area contributed by atoms with Gasteiger partial charge in [0, 0.05) is 19.3 Å². The number of pyridine rings is 1. The summed E-state index contributed by atoms with van der Waals surface area (Å²) >= 11 is 1.48. The first-order chi connectivity index (χ1) is 8.31. The summed E-state index contributed by atoms with van der Waals surface area (Å²) in [6.07, 6.45) is 5.90. The molecule has 0 saturated carbocycles. The number of carbonyl (C=O) groups is 1. The third-order valence-corrected chi connectivity index (χ3v) is 3.44. The second-order valence-electron chi connectivity index (χ2n) is 3.91. The van der Waals surface area contributed by atoms with E-state index in [9.17, 15) is 4.79 Å². The number of carbonyl (C=O) groups excluding carboxylic acids is 1. The van der Waals surface area contributed by atoms with Gasteiger partial charge in [-0.05, 0) is 31.2 Å². The first kappa shape index (κ1) is 12.4. The number of ether oxygens (including phenoxy) is 1. The van der Waals surface area contributed by atoms with Crippen molar-refractivity contribution >= 4 is 17.7 Å². The minimum absolute atomic E-state index is 0.0713. The van der Waals surface area contributed by atoms with Crippen LogP contribution in [0, 0.1) is 0 Å². The van der Waals surface area contributed by atoms with Crippen LogP contribution >= 0.6 is 11.8 Å². The lowest BCUT2D eigenvalue weighted by molar-refractivity contribution is 0.0855. The van der Waals surface area contributed by atoms with Gasteiger partial charge in [-0.15, -0.1) is 11.8 Å². The standard InChI is InChI=1S/C12H16N2O2S/c1-17-12-10(5-2-6-13-12)11(15)14-8-9-4-3-7-16-9/h2,5-6,9H,3-4,7-8H2,1H3,(H,14,15)/t9-/m0/s1. The van der Waals surface area contributed by atoms with E-state index in [2.05, 4.69) is 10.3 Å². The highest BCUT2D eigenvalue weighted by Crippen LogP contribution is 2.17. The van der Waals surface area contributed by atoms with Crippen LogP contribution in [0.4, 0.5) is 0 Å². The fraction of sp³-hybridized carbons (Fsp3) is 0.500. The van der Waals surface area contributed by atoms with Crippen molar-refractivity contribution in [3.05, 3.63) is 23.9 Å². The summed E-state index contributed by atoms with van der Waals surface area (Å²) in [5, 5.41) is 3.66. The number of rotatable bonds is 4. The van der Waals surface area contributed by atoms with Gasteiger partial charge in [-0.3, -0.25) is 4.79 Å². The minimum Gasteiger partial charge on any atom is -0.376 e. The molecular weight excluding hydrogens is 236 g/mol. The Kier molecular flexibility index (Phi) is 4.39.